The van der Waals surface area contributed by atoms with Crippen molar-refractivity contribution in [2.24, 2.45) is 0 Å². The molecule has 0 heterocycles. The lowest BCUT2D eigenvalue weighted by atomic mass is 10.0. The maximum absolute atomic E-state index is 12.9. The van der Waals surface area contributed by atoms with Crippen LogP contribution in [0.2, 0.25) is 0 Å². The highest BCUT2D eigenvalue weighted by Crippen LogP contribution is 2.32. The molecule has 176 valence electrons. The van der Waals surface area contributed by atoms with Gasteiger partial charge in [-0.3, -0.25) is 4.79 Å². The minimum Gasteiger partial charge on any atom is -0.493 e. The van der Waals surface area contributed by atoms with E-state index in [4.69, 9.17) is 18.9 Å². The summed E-state index contributed by atoms with van der Waals surface area (Å²) in [6.07, 6.45) is 0.605. The average molecular weight is 467 g/mol. The summed E-state index contributed by atoms with van der Waals surface area (Å²) in [5.41, 5.74) is 0.823. The Bertz CT molecular complexity index is 1040. The summed E-state index contributed by atoms with van der Waals surface area (Å²) in [7, 11) is 3.40. The molecule has 2 aromatic carbocycles. The van der Waals surface area contributed by atoms with Crippen molar-refractivity contribution in [3.8, 4) is 23.0 Å². The van der Waals surface area contributed by atoms with Gasteiger partial charge in [0.2, 0.25) is 15.9 Å². The molecule has 1 amide bonds. The van der Waals surface area contributed by atoms with E-state index >= 15 is 0 Å². The van der Waals surface area contributed by atoms with Crippen LogP contribution in [0.15, 0.2) is 41.3 Å². The van der Waals surface area contributed by atoms with Crippen LogP contribution in [-0.2, 0) is 14.8 Å². The standard InChI is InChI=1S/C22H30N2O7S/c1-7-17(15-8-10-18(28-3)20(12-15)30-5)23-22(25)14-24(2)32(26,27)16-9-11-19(29-4)21(13-16)31-6/h8-13,17H,7,14H2,1-6H3,(H,23,25). The molecule has 0 radical (unpaired) electrons. The monoisotopic (exact) mass is 466 g/mol. The Morgan fingerprint density at radius 1 is 0.906 bits per heavy atom. The van der Waals surface area contributed by atoms with Crippen LogP contribution in [0.3, 0.4) is 0 Å². The molecule has 1 atom stereocenters. The molecular weight excluding hydrogens is 436 g/mol. The SMILES string of the molecule is CCC(NC(=O)CN(C)S(=O)(=O)c1ccc(OC)c(OC)c1)c1ccc(OC)c(OC)c1. The summed E-state index contributed by atoms with van der Waals surface area (Å²) in [6.45, 7) is 1.58. The molecule has 0 aromatic heterocycles. The van der Waals surface area contributed by atoms with Gasteiger partial charge in [0, 0.05) is 13.1 Å². The van der Waals surface area contributed by atoms with Crippen LogP contribution in [0.4, 0.5) is 0 Å². The number of hydrogen-bond donors (Lipinski definition) is 1. The fourth-order valence-electron chi connectivity index (χ4n) is 3.17. The van der Waals surface area contributed by atoms with E-state index in [1.807, 2.05) is 13.0 Å². The van der Waals surface area contributed by atoms with Crippen LogP contribution < -0.4 is 24.3 Å². The number of ether oxygens (including phenoxy) is 4. The van der Waals surface area contributed by atoms with E-state index in [9.17, 15) is 13.2 Å². The maximum Gasteiger partial charge on any atom is 0.243 e. The van der Waals surface area contributed by atoms with Crippen molar-refractivity contribution in [3.63, 3.8) is 0 Å². The Morgan fingerprint density at radius 2 is 1.44 bits per heavy atom. The maximum atomic E-state index is 12.9. The van der Waals surface area contributed by atoms with E-state index in [0.29, 0.717) is 23.7 Å². The van der Waals surface area contributed by atoms with Gasteiger partial charge in [0.05, 0.1) is 45.9 Å². The van der Waals surface area contributed by atoms with Crippen LogP contribution in [0.5, 0.6) is 23.0 Å². The first-order valence-electron chi connectivity index (χ1n) is 9.91. The lowest BCUT2D eigenvalue weighted by Gasteiger charge is -2.22. The molecule has 0 saturated heterocycles. The number of nitrogens with one attached hydrogen (secondary N) is 1. The Balaban J connectivity index is 2.15. The zero-order chi connectivity index (χ0) is 23.9. The quantitative estimate of drug-likeness (QED) is 0.543. The highest BCUT2D eigenvalue weighted by atomic mass is 32.2. The number of carbonyl (C=O) groups is 1. The minimum absolute atomic E-state index is 0.00242. The second-order valence-corrected chi connectivity index (χ2v) is 8.97. The van der Waals surface area contributed by atoms with Gasteiger partial charge in [0.15, 0.2) is 23.0 Å². The third-order valence-electron chi connectivity index (χ3n) is 4.98. The number of amides is 1. The number of benzene rings is 2. The fourth-order valence-corrected chi connectivity index (χ4v) is 4.32. The van der Waals surface area contributed by atoms with Crippen LogP contribution >= 0.6 is 0 Å². The highest BCUT2D eigenvalue weighted by Gasteiger charge is 2.25. The Hall–Kier alpha value is -2.98. The second kappa shape index (κ2) is 11.1. The first-order chi connectivity index (χ1) is 15.2. The van der Waals surface area contributed by atoms with E-state index < -0.39 is 15.9 Å². The molecule has 10 heteroatoms. The second-order valence-electron chi connectivity index (χ2n) is 6.92. The Labute approximate surface area is 189 Å². The van der Waals surface area contributed by atoms with Gasteiger partial charge in [-0.15, -0.1) is 0 Å². The van der Waals surface area contributed by atoms with Gasteiger partial charge in [-0.2, -0.15) is 4.31 Å². The fraction of sp³-hybridized carbons (Fsp3) is 0.409. The molecule has 0 fully saturated rings. The topological polar surface area (TPSA) is 103 Å². The molecule has 32 heavy (non-hydrogen) atoms. The smallest absolute Gasteiger partial charge is 0.243 e. The normalized spacial score (nSPS) is 12.2. The third kappa shape index (κ3) is 5.63. The molecule has 1 unspecified atom stereocenters. The number of likely N-dealkylation sites (N-methyl/N-ethyl adjacent to an activating group) is 1. The zero-order valence-electron chi connectivity index (χ0n) is 19.2. The van der Waals surface area contributed by atoms with Gasteiger partial charge in [0.25, 0.3) is 0 Å². The average Bonchev–Trinajstić information content (AvgIpc) is 2.81. The zero-order valence-corrected chi connectivity index (χ0v) is 20.0. The third-order valence-corrected chi connectivity index (χ3v) is 6.78. The first kappa shape index (κ1) is 25.3. The van der Waals surface area contributed by atoms with Crippen molar-refractivity contribution in [1.82, 2.24) is 9.62 Å². The molecule has 0 spiro atoms. The van der Waals surface area contributed by atoms with Crippen molar-refractivity contribution >= 4 is 15.9 Å². The summed E-state index contributed by atoms with van der Waals surface area (Å²) in [6, 6.07) is 9.34. The number of sulfonamides is 1. The molecule has 0 aliphatic rings. The van der Waals surface area contributed by atoms with Crippen molar-refractivity contribution < 1.29 is 32.2 Å². The van der Waals surface area contributed by atoms with E-state index in [1.165, 1.54) is 46.6 Å². The lowest BCUT2D eigenvalue weighted by Crippen LogP contribution is -2.39. The molecule has 2 aromatic rings. The van der Waals surface area contributed by atoms with Gasteiger partial charge in [-0.1, -0.05) is 13.0 Å². The van der Waals surface area contributed by atoms with Crippen molar-refractivity contribution in [3.05, 3.63) is 42.0 Å². The van der Waals surface area contributed by atoms with E-state index in [1.54, 1.807) is 19.2 Å². The van der Waals surface area contributed by atoms with Crippen LogP contribution in [0.1, 0.15) is 24.9 Å². The summed E-state index contributed by atoms with van der Waals surface area (Å²) in [4.78, 5) is 12.7. The predicted octanol–water partition coefficient (Wildman–Crippen LogP) is 2.61. The molecule has 0 bridgehead atoms. The van der Waals surface area contributed by atoms with Gasteiger partial charge >= 0.3 is 0 Å². The first-order valence-corrected chi connectivity index (χ1v) is 11.3. The van der Waals surface area contributed by atoms with Crippen molar-refractivity contribution in [2.45, 2.75) is 24.3 Å². The number of rotatable bonds is 11. The van der Waals surface area contributed by atoms with Crippen molar-refractivity contribution in [2.75, 3.05) is 42.0 Å². The van der Waals surface area contributed by atoms with Gasteiger partial charge in [-0.25, -0.2) is 8.42 Å². The van der Waals surface area contributed by atoms with Gasteiger partial charge in [-0.05, 0) is 36.2 Å². The van der Waals surface area contributed by atoms with Crippen LogP contribution in [0.25, 0.3) is 0 Å². The predicted molar refractivity (Wildman–Crippen MR) is 120 cm³/mol. The Kier molecular flexibility index (Phi) is 8.73. The Morgan fingerprint density at radius 3 is 1.97 bits per heavy atom. The molecule has 0 saturated carbocycles. The molecule has 2 rings (SSSR count). The van der Waals surface area contributed by atoms with Crippen molar-refractivity contribution in [1.29, 1.82) is 0 Å². The molecular formula is C22H30N2O7S. The minimum atomic E-state index is -3.92. The summed E-state index contributed by atoms with van der Waals surface area (Å²) in [5, 5.41) is 2.88. The van der Waals surface area contributed by atoms with Crippen LogP contribution in [0, 0.1) is 0 Å². The van der Waals surface area contributed by atoms with Gasteiger partial charge in [0.1, 0.15) is 0 Å². The number of nitrogens with zero attached hydrogens (tertiary/aromatic N) is 1. The number of carbonyl (C=O) groups excluding carboxylic acids is 1. The molecule has 1 N–H and O–H groups in total. The highest BCUT2D eigenvalue weighted by molar-refractivity contribution is 7.89. The molecule has 0 aliphatic carbocycles. The van der Waals surface area contributed by atoms with E-state index in [-0.39, 0.29) is 23.2 Å². The van der Waals surface area contributed by atoms with Crippen LogP contribution in [-0.4, -0.2) is 60.7 Å². The van der Waals surface area contributed by atoms with E-state index in [2.05, 4.69) is 5.32 Å². The number of hydrogen-bond acceptors (Lipinski definition) is 7. The van der Waals surface area contributed by atoms with Gasteiger partial charge < -0.3 is 24.3 Å². The summed E-state index contributed by atoms with van der Waals surface area (Å²) < 4.78 is 47.8. The lowest BCUT2D eigenvalue weighted by molar-refractivity contribution is -0.121. The van der Waals surface area contributed by atoms with E-state index in [0.717, 1.165) is 9.87 Å². The molecule has 9 nitrogen and oxygen atoms in total. The molecule has 0 aliphatic heterocycles. The summed E-state index contributed by atoms with van der Waals surface area (Å²) >= 11 is 0. The summed E-state index contributed by atoms with van der Waals surface area (Å²) in [5.74, 6) is 1.39. The largest absolute Gasteiger partial charge is 0.493 e. The number of methoxy groups -OCH3 is 4.